The standard InChI is InChI=1S/C22H19ClN4O2/c1-14-5-9-17(10-6-14)27-22(29)18-4-3-11-24-21(18)26(27)13-20(28)25-16-8-7-15(2)19(23)12-16/h3-12H,13H2,1-2H3,(H,25,28). The SMILES string of the molecule is Cc1ccc(-n2c(=O)c3cccnc3n2CC(=O)Nc2ccc(C)c(Cl)c2)cc1. The van der Waals surface area contributed by atoms with Crippen molar-refractivity contribution in [3.63, 3.8) is 0 Å². The molecular formula is C22H19ClN4O2. The normalized spacial score (nSPS) is 11.0. The molecule has 2 aromatic carbocycles. The van der Waals surface area contributed by atoms with E-state index in [4.69, 9.17) is 11.6 Å². The van der Waals surface area contributed by atoms with E-state index in [0.717, 1.165) is 11.1 Å². The molecule has 29 heavy (non-hydrogen) atoms. The van der Waals surface area contributed by atoms with E-state index >= 15 is 0 Å². The molecule has 0 saturated carbocycles. The zero-order valence-electron chi connectivity index (χ0n) is 16.0. The first-order chi connectivity index (χ1) is 13.9. The highest BCUT2D eigenvalue weighted by atomic mass is 35.5. The molecule has 0 aliphatic carbocycles. The van der Waals surface area contributed by atoms with Crippen LogP contribution >= 0.6 is 11.6 Å². The van der Waals surface area contributed by atoms with E-state index in [-0.39, 0.29) is 18.0 Å². The van der Waals surface area contributed by atoms with Crippen LogP contribution in [-0.2, 0) is 11.3 Å². The van der Waals surface area contributed by atoms with Gasteiger partial charge in [-0.15, -0.1) is 0 Å². The molecule has 4 rings (SSSR count). The van der Waals surface area contributed by atoms with E-state index in [9.17, 15) is 9.59 Å². The minimum absolute atomic E-state index is 0.0743. The summed E-state index contributed by atoms with van der Waals surface area (Å²) in [6.45, 7) is 3.80. The first-order valence-corrected chi connectivity index (χ1v) is 9.51. The van der Waals surface area contributed by atoms with E-state index in [0.29, 0.717) is 27.4 Å². The van der Waals surface area contributed by atoms with Gasteiger partial charge in [-0.05, 0) is 55.8 Å². The van der Waals surface area contributed by atoms with Gasteiger partial charge in [0.2, 0.25) is 5.91 Å². The quantitative estimate of drug-likeness (QED) is 0.554. The smallest absolute Gasteiger partial charge is 0.280 e. The van der Waals surface area contributed by atoms with Crippen LogP contribution in [0.3, 0.4) is 0 Å². The van der Waals surface area contributed by atoms with Gasteiger partial charge in [-0.2, -0.15) is 0 Å². The van der Waals surface area contributed by atoms with Crippen molar-refractivity contribution in [1.82, 2.24) is 14.3 Å². The van der Waals surface area contributed by atoms with Gasteiger partial charge in [-0.3, -0.25) is 14.3 Å². The van der Waals surface area contributed by atoms with Gasteiger partial charge < -0.3 is 5.32 Å². The van der Waals surface area contributed by atoms with Crippen molar-refractivity contribution in [3.05, 3.63) is 87.3 Å². The molecule has 0 atom stereocenters. The molecule has 1 amide bonds. The number of aromatic nitrogens is 3. The topological polar surface area (TPSA) is 68.9 Å². The van der Waals surface area contributed by atoms with Crippen LogP contribution < -0.4 is 10.9 Å². The Kier molecular flexibility index (Phi) is 4.94. The van der Waals surface area contributed by atoms with Crippen LogP contribution in [0.15, 0.2) is 65.6 Å². The third kappa shape index (κ3) is 3.67. The Bertz CT molecular complexity index is 1270. The highest BCUT2D eigenvalue weighted by Gasteiger charge is 2.18. The summed E-state index contributed by atoms with van der Waals surface area (Å²) in [5.41, 5.74) is 3.51. The molecule has 0 aliphatic rings. The second-order valence-corrected chi connectivity index (χ2v) is 7.30. The number of amides is 1. The number of carbonyl (C=O) groups excluding carboxylic acids is 1. The average Bonchev–Trinajstić information content (AvgIpc) is 2.98. The lowest BCUT2D eigenvalue weighted by molar-refractivity contribution is -0.116. The van der Waals surface area contributed by atoms with Crippen LogP contribution in [0.25, 0.3) is 16.7 Å². The molecule has 2 aromatic heterocycles. The number of anilines is 1. The molecular weight excluding hydrogens is 388 g/mol. The summed E-state index contributed by atoms with van der Waals surface area (Å²) >= 11 is 6.14. The number of fused-ring (bicyclic) bond motifs is 1. The summed E-state index contributed by atoms with van der Waals surface area (Å²) in [6.07, 6.45) is 1.61. The fraction of sp³-hybridized carbons (Fsp3) is 0.136. The Hall–Kier alpha value is -3.38. The molecule has 6 nitrogen and oxygen atoms in total. The van der Waals surface area contributed by atoms with E-state index < -0.39 is 0 Å². The van der Waals surface area contributed by atoms with E-state index in [1.165, 1.54) is 4.68 Å². The molecule has 4 aromatic rings. The molecule has 0 radical (unpaired) electrons. The summed E-state index contributed by atoms with van der Waals surface area (Å²) < 4.78 is 3.08. The number of nitrogens with one attached hydrogen (secondary N) is 1. The number of pyridine rings is 1. The second-order valence-electron chi connectivity index (χ2n) is 6.90. The van der Waals surface area contributed by atoms with Gasteiger partial charge in [0.1, 0.15) is 6.54 Å². The molecule has 0 saturated heterocycles. The number of hydrogen-bond donors (Lipinski definition) is 1. The monoisotopic (exact) mass is 406 g/mol. The number of halogens is 1. The third-order valence-corrected chi connectivity index (χ3v) is 5.13. The number of nitrogens with zero attached hydrogens (tertiary/aromatic N) is 3. The van der Waals surface area contributed by atoms with Gasteiger partial charge in [-0.1, -0.05) is 35.4 Å². The number of benzene rings is 2. The zero-order valence-corrected chi connectivity index (χ0v) is 16.8. The van der Waals surface area contributed by atoms with Crippen molar-refractivity contribution in [3.8, 4) is 5.69 Å². The average molecular weight is 407 g/mol. The van der Waals surface area contributed by atoms with Crippen LogP contribution in [0, 0.1) is 13.8 Å². The highest BCUT2D eigenvalue weighted by molar-refractivity contribution is 6.31. The lowest BCUT2D eigenvalue weighted by Gasteiger charge is -2.13. The lowest BCUT2D eigenvalue weighted by Crippen LogP contribution is -2.27. The van der Waals surface area contributed by atoms with Gasteiger partial charge in [0.25, 0.3) is 5.56 Å². The Morgan fingerprint density at radius 2 is 1.86 bits per heavy atom. The van der Waals surface area contributed by atoms with Crippen LogP contribution in [-0.4, -0.2) is 20.3 Å². The Morgan fingerprint density at radius 1 is 1.10 bits per heavy atom. The van der Waals surface area contributed by atoms with Gasteiger partial charge in [0.05, 0.1) is 11.1 Å². The molecule has 0 aliphatic heterocycles. The Balaban J connectivity index is 1.75. The molecule has 0 bridgehead atoms. The van der Waals surface area contributed by atoms with Gasteiger partial charge >= 0.3 is 0 Å². The largest absolute Gasteiger partial charge is 0.324 e. The minimum atomic E-state index is -0.284. The predicted octanol–water partition coefficient (Wildman–Crippen LogP) is 4.10. The third-order valence-electron chi connectivity index (χ3n) is 4.72. The van der Waals surface area contributed by atoms with Crippen LogP contribution in [0.1, 0.15) is 11.1 Å². The Morgan fingerprint density at radius 3 is 2.59 bits per heavy atom. The number of hydrogen-bond acceptors (Lipinski definition) is 3. The van der Waals surface area contributed by atoms with Crippen molar-refractivity contribution in [2.75, 3.05) is 5.32 Å². The van der Waals surface area contributed by atoms with Crippen LogP contribution in [0.5, 0.6) is 0 Å². The van der Waals surface area contributed by atoms with Crippen molar-refractivity contribution >= 4 is 34.2 Å². The fourth-order valence-electron chi connectivity index (χ4n) is 3.18. The maximum absolute atomic E-state index is 13.0. The molecule has 0 unspecified atom stereocenters. The predicted molar refractivity (Wildman–Crippen MR) is 115 cm³/mol. The zero-order chi connectivity index (χ0) is 20.5. The maximum atomic E-state index is 13.0. The summed E-state index contributed by atoms with van der Waals surface area (Å²) in [5.74, 6) is -0.284. The molecule has 7 heteroatoms. The van der Waals surface area contributed by atoms with Crippen molar-refractivity contribution in [1.29, 1.82) is 0 Å². The Labute approximate surface area is 172 Å². The first kappa shape index (κ1) is 19.0. The second kappa shape index (κ2) is 7.56. The molecule has 0 spiro atoms. The lowest BCUT2D eigenvalue weighted by atomic mass is 10.2. The summed E-state index contributed by atoms with van der Waals surface area (Å²) in [4.78, 5) is 30.1. The summed E-state index contributed by atoms with van der Waals surface area (Å²) in [7, 11) is 0. The molecule has 146 valence electrons. The van der Waals surface area contributed by atoms with Crippen LogP contribution in [0.4, 0.5) is 5.69 Å². The minimum Gasteiger partial charge on any atom is -0.324 e. The van der Waals surface area contributed by atoms with E-state index in [1.807, 2.05) is 44.2 Å². The molecule has 0 fully saturated rings. The maximum Gasteiger partial charge on any atom is 0.280 e. The van der Waals surface area contributed by atoms with Gasteiger partial charge in [-0.25, -0.2) is 9.67 Å². The molecule has 2 heterocycles. The van der Waals surface area contributed by atoms with E-state index in [2.05, 4.69) is 10.3 Å². The van der Waals surface area contributed by atoms with Crippen molar-refractivity contribution < 1.29 is 4.79 Å². The molecule has 1 N–H and O–H groups in total. The number of aryl methyl sites for hydroxylation is 2. The van der Waals surface area contributed by atoms with Crippen molar-refractivity contribution in [2.45, 2.75) is 20.4 Å². The summed E-state index contributed by atoms with van der Waals surface area (Å²) in [6, 6.07) is 16.3. The number of rotatable bonds is 4. The van der Waals surface area contributed by atoms with Crippen molar-refractivity contribution in [2.24, 2.45) is 0 Å². The van der Waals surface area contributed by atoms with E-state index in [1.54, 1.807) is 35.1 Å². The van der Waals surface area contributed by atoms with Gasteiger partial charge in [0.15, 0.2) is 5.65 Å². The number of carbonyl (C=O) groups is 1. The fourth-order valence-corrected chi connectivity index (χ4v) is 3.36. The summed E-state index contributed by atoms with van der Waals surface area (Å²) in [5, 5.41) is 3.87. The van der Waals surface area contributed by atoms with Gasteiger partial charge in [0, 0.05) is 16.9 Å². The van der Waals surface area contributed by atoms with Crippen LogP contribution in [0.2, 0.25) is 5.02 Å². The first-order valence-electron chi connectivity index (χ1n) is 9.13. The highest BCUT2D eigenvalue weighted by Crippen LogP contribution is 2.20.